The van der Waals surface area contributed by atoms with Gasteiger partial charge < -0.3 is 20.5 Å². The molecule has 3 N–H and O–H groups in total. The van der Waals surface area contributed by atoms with E-state index in [2.05, 4.69) is 31.5 Å². The van der Waals surface area contributed by atoms with Crippen molar-refractivity contribution in [3.63, 3.8) is 0 Å². The zero-order valence-corrected chi connectivity index (χ0v) is 19.8. The van der Waals surface area contributed by atoms with E-state index < -0.39 is 30.4 Å². The van der Waals surface area contributed by atoms with E-state index in [1.54, 1.807) is 6.07 Å². The van der Waals surface area contributed by atoms with Gasteiger partial charge in [0.15, 0.2) is 0 Å². The van der Waals surface area contributed by atoms with Gasteiger partial charge in [0.1, 0.15) is 18.5 Å². The first-order valence-electron chi connectivity index (χ1n) is 10.6. The molecular formula is C25H22BrN3O5. The zero-order valence-electron chi connectivity index (χ0n) is 18.2. The van der Waals surface area contributed by atoms with E-state index in [0.29, 0.717) is 0 Å². The van der Waals surface area contributed by atoms with E-state index >= 15 is 0 Å². The molecule has 0 fully saturated rings. The number of aryl methyl sites for hydroxylation is 1. The van der Waals surface area contributed by atoms with E-state index in [0.717, 1.165) is 32.3 Å². The van der Waals surface area contributed by atoms with Gasteiger partial charge in [-0.2, -0.15) is 0 Å². The van der Waals surface area contributed by atoms with Crippen LogP contribution < -0.4 is 10.6 Å². The molecule has 0 saturated carbocycles. The summed E-state index contributed by atoms with van der Waals surface area (Å²) in [4.78, 5) is 40.6. The number of nitrogens with one attached hydrogen (secondary N) is 2. The van der Waals surface area contributed by atoms with Crippen LogP contribution in [0, 0.1) is 6.92 Å². The Labute approximate surface area is 204 Å². The molecule has 9 heteroatoms. The molecule has 3 aromatic rings. The molecule has 34 heavy (non-hydrogen) atoms. The lowest BCUT2D eigenvalue weighted by atomic mass is 9.98. The summed E-state index contributed by atoms with van der Waals surface area (Å²) in [7, 11) is 0. The molecule has 0 aliphatic heterocycles. The fourth-order valence-electron chi connectivity index (χ4n) is 3.99. The monoisotopic (exact) mass is 523 g/mol. The molecule has 1 heterocycles. The van der Waals surface area contributed by atoms with Crippen LogP contribution in [0.3, 0.4) is 0 Å². The Hall–Kier alpha value is -3.72. The first kappa shape index (κ1) is 23.4. The highest BCUT2D eigenvalue weighted by Crippen LogP contribution is 2.44. The molecule has 1 unspecified atom stereocenters. The van der Waals surface area contributed by atoms with Crippen molar-refractivity contribution < 1.29 is 24.2 Å². The zero-order chi connectivity index (χ0) is 24.2. The lowest BCUT2D eigenvalue weighted by Gasteiger charge is -2.18. The van der Waals surface area contributed by atoms with Crippen LogP contribution in [0.5, 0.6) is 0 Å². The molecule has 4 rings (SSSR count). The topological polar surface area (TPSA) is 118 Å². The average Bonchev–Trinajstić information content (AvgIpc) is 3.13. The number of carboxylic acid groups (broad SMARTS) is 1. The number of nitrogens with zero attached hydrogens (tertiary/aromatic N) is 1. The van der Waals surface area contributed by atoms with Gasteiger partial charge in [-0.15, -0.1) is 0 Å². The number of aromatic nitrogens is 1. The summed E-state index contributed by atoms with van der Waals surface area (Å²) in [6.07, 6.45) is 0.0463. The van der Waals surface area contributed by atoms with E-state index in [1.165, 1.54) is 6.20 Å². The summed E-state index contributed by atoms with van der Waals surface area (Å²) in [5, 5.41) is 14.1. The molecule has 0 spiro atoms. The number of benzene rings is 2. The normalized spacial score (nSPS) is 12.9. The number of halogens is 1. The number of carbonyl (C=O) groups is 3. The van der Waals surface area contributed by atoms with Crippen molar-refractivity contribution >= 4 is 39.7 Å². The minimum atomic E-state index is -1.33. The number of carbonyl (C=O) groups excluding carboxylic acids is 2. The number of alkyl carbamates (subject to hydrolysis) is 1. The molecule has 1 aliphatic carbocycles. The van der Waals surface area contributed by atoms with Crippen molar-refractivity contribution in [1.82, 2.24) is 10.3 Å². The van der Waals surface area contributed by atoms with E-state index in [1.807, 2.05) is 55.5 Å². The number of amides is 2. The standard InChI is InChI=1S/C25H22BrN3O5/c1-14-10-22(27-12-20(14)26)29-24(32)21(11-23(30)31)28-25(33)34-13-19-17-8-4-2-6-15(17)16-7-3-5-9-18(16)19/h2-10,12,19,21H,11,13H2,1H3,(H,28,33)(H,30,31)(H,27,29,32). The lowest BCUT2D eigenvalue weighted by molar-refractivity contribution is -0.139. The summed E-state index contributed by atoms with van der Waals surface area (Å²) >= 11 is 3.33. The number of hydrogen-bond donors (Lipinski definition) is 3. The Balaban J connectivity index is 1.43. The van der Waals surface area contributed by atoms with Crippen LogP contribution in [0.4, 0.5) is 10.6 Å². The first-order valence-corrected chi connectivity index (χ1v) is 11.4. The summed E-state index contributed by atoms with van der Waals surface area (Å²) in [6, 6.07) is 16.1. The second kappa shape index (κ2) is 10.0. The molecule has 1 aromatic heterocycles. The van der Waals surface area contributed by atoms with Crippen molar-refractivity contribution in [2.24, 2.45) is 0 Å². The Morgan fingerprint density at radius 1 is 1.09 bits per heavy atom. The van der Waals surface area contributed by atoms with Crippen molar-refractivity contribution in [2.75, 3.05) is 11.9 Å². The van der Waals surface area contributed by atoms with Crippen LogP contribution in [0.25, 0.3) is 11.1 Å². The van der Waals surface area contributed by atoms with Gasteiger partial charge in [-0.25, -0.2) is 9.78 Å². The molecule has 1 aliphatic rings. The Bertz CT molecular complexity index is 1220. The second-order valence-corrected chi connectivity index (χ2v) is 8.78. The average molecular weight is 524 g/mol. The van der Waals surface area contributed by atoms with Crippen LogP contribution in [0.15, 0.2) is 65.3 Å². The quantitative estimate of drug-likeness (QED) is 0.420. The maximum atomic E-state index is 12.7. The second-order valence-electron chi connectivity index (χ2n) is 7.93. The summed E-state index contributed by atoms with van der Waals surface area (Å²) in [5.74, 6) is -1.85. The van der Waals surface area contributed by atoms with Gasteiger partial charge in [0.25, 0.3) is 0 Å². The van der Waals surface area contributed by atoms with Crippen LogP contribution in [-0.4, -0.2) is 40.7 Å². The van der Waals surface area contributed by atoms with Gasteiger partial charge in [0.2, 0.25) is 5.91 Å². The third-order valence-electron chi connectivity index (χ3n) is 5.63. The smallest absolute Gasteiger partial charge is 0.407 e. The largest absolute Gasteiger partial charge is 0.481 e. The van der Waals surface area contributed by atoms with Gasteiger partial charge >= 0.3 is 12.1 Å². The molecular weight excluding hydrogens is 502 g/mol. The number of hydrogen-bond acceptors (Lipinski definition) is 5. The molecule has 2 aromatic carbocycles. The molecule has 0 radical (unpaired) electrons. The molecule has 8 nitrogen and oxygen atoms in total. The van der Waals surface area contributed by atoms with E-state index in [-0.39, 0.29) is 18.3 Å². The first-order chi connectivity index (χ1) is 16.3. The van der Waals surface area contributed by atoms with Gasteiger partial charge in [-0.3, -0.25) is 9.59 Å². The third kappa shape index (κ3) is 5.09. The third-order valence-corrected chi connectivity index (χ3v) is 6.46. The summed E-state index contributed by atoms with van der Waals surface area (Å²) in [5.41, 5.74) is 5.12. The number of carboxylic acids is 1. The number of ether oxygens (including phenoxy) is 1. The predicted octanol–water partition coefficient (Wildman–Crippen LogP) is 4.47. The molecule has 1 atom stereocenters. The molecule has 2 amide bonds. The fraction of sp³-hybridized carbons (Fsp3) is 0.200. The van der Waals surface area contributed by atoms with Crippen molar-refractivity contribution in [2.45, 2.75) is 25.3 Å². The van der Waals surface area contributed by atoms with Crippen LogP contribution >= 0.6 is 15.9 Å². The maximum absolute atomic E-state index is 12.7. The van der Waals surface area contributed by atoms with Crippen LogP contribution in [-0.2, 0) is 14.3 Å². The van der Waals surface area contributed by atoms with E-state index in [9.17, 15) is 19.5 Å². The molecule has 0 saturated heterocycles. The molecule has 0 bridgehead atoms. The van der Waals surface area contributed by atoms with E-state index in [4.69, 9.17) is 4.74 Å². The Morgan fingerprint density at radius 2 is 1.71 bits per heavy atom. The van der Waals surface area contributed by atoms with Gasteiger partial charge in [0.05, 0.1) is 6.42 Å². The minimum absolute atomic E-state index is 0.0503. The van der Waals surface area contributed by atoms with Crippen LogP contribution in [0.1, 0.15) is 29.0 Å². The van der Waals surface area contributed by atoms with Gasteiger partial charge in [-0.1, -0.05) is 48.5 Å². The highest BCUT2D eigenvalue weighted by molar-refractivity contribution is 9.10. The van der Waals surface area contributed by atoms with Gasteiger partial charge in [0, 0.05) is 16.6 Å². The molecule has 174 valence electrons. The number of anilines is 1. The summed E-state index contributed by atoms with van der Waals surface area (Å²) in [6.45, 7) is 1.87. The van der Waals surface area contributed by atoms with Crippen molar-refractivity contribution in [1.29, 1.82) is 0 Å². The number of pyridine rings is 1. The highest BCUT2D eigenvalue weighted by atomic mass is 79.9. The fourth-order valence-corrected chi connectivity index (χ4v) is 4.20. The minimum Gasteiger partial charge on any atom is -0.481 e. The van der Waals surface area contributed by atoms with Crippen molar-refractivity contribution in [3.8, 4) is 11.1 Å². The van der Waals surface area contributed by atoms with Crippen LogP contribution in [0.2, 0.25) is 0 Å². The van der Waals surface area contributed by atoms with Crippen molar-refractivity contribution in [3.05, 3.63) is 82.0 Å². The predicted molar refractivity (Wildman–Crippen MR) is 130 cm³/mol. The maximum Gasteiger partial charge on any atom is 0.407 e. The lowest BCUT2D eigenvalue weighted by Crippen LogP contribution is -2.45. The SMILES string of the molecule is Cc1cc(NC(=O)C(CC(=O)O)NC(=O)OCC2c3ccccc3-c3ccccc32)ncc1Br. The summed E-state index contributed by atoms with van der Waals surface area (Å²) < 4.78 is 6.21. The Kier molecular flexibility index (Phi) is 6.93. The Morgan fingerprint density at radius 3 is 2.29 bits per heavy atom. The number of fused-ring (bicyclic) bond motifs is 3. The highest BCUT2D eigenvalue weighted by Gasteiger charge is 2.30. The number of rotatable bonds is 7. The van der Waals surface area contributed by atoms with Gasteiger partial charge in [-0.05, 0) is 56.7 Å². The number of aliphatic carboxylic acids is 1.